The van der Waals surface area contributed by atoms with Gasteiger partial charge in [-0.25, -0.2) is 4.79 Å². The molecule has 0 heterocycles. The van der Waals surface area contributed by atoms with Crippen molar-refractivity contribution in [3.8, 4) is 5.75 Å². The van der Waals surface area contributed by atoms with Crippen LogP contribution in [0.25, 0.3) is 0 Å². The predicted molar refractivity (Wildman–Crippen MR) is 70.7 cm³/mol. The third-order valence-corrected chi connectivity index (χ3v) is 2.62. The first-order valence-corrected chi connectivity index (χ1v) is 6.13. The van der Waals surface area contributed by atoms with Gasteiger partial charge in [-0.2, -0.15) is 0 Å². The lowest BCUT2D eigenvalue weighted by atomic mass is 10.1. The Morgan fingerprint density at radius 2 is 2.17 bits per heavy atom. The van der Waals surface area contributed by atoms with Crippen LogP contribution in [-0.4, -0.2) is 25.7 Å². The van der Waals surface area contributed by atoms with Crippen molar-refractivity contribution in [1.29, 1.82) is 0 Å². The summed E-state index contributed by atoms with van der Waals surface area (Å²) in [4.78, 5) is 11.3. The maximum atomic E-state index is 11.3. The highest BCUT2D eigenvalue weighted by atomic mass is 16.6. The Labute approximate surface area is 108 Å². The molecule has 0 saturated heterocycles. The van der Waals surface area contributed by atoms with Crippen molar-refractivity contribution in [3.63, 3.8) is 0 Å². The zero-order chi connectivity index (χ0) is 13.5. The molecule has 0 aliphatic rings. The zero-order valence-corrected chi connectivity index (χ0v) is 11.4. The van der Waals surface area contributed by atoms with Gasteiger partial charge in [-0.15, -0.1) is 0 Å². The highest BCUT2D eigenvalue weighted by Gasteiger charge is 2.16. The maximum absolute atomic E-state index is 11.3. The van der Waals surface area contributed by atoms with Crippen molar-refractivity contribution in [2.75, 3.05) is 13.7 Å². The minimum absolute atomic E-state index is 0.370. The van der Waals surface area contributed by atoms with E-state index in [0.29, 0.717) is 0 Å². The van der Waals surface area contributed by atoms with Crippen molar-refractivity contribution >= 4 is 5.97 Å². The topological polar surface area (TPSA) is 47.6 Å². The number of carbonyl (C=O) groups is 1. The van der Waals surface area contributed by atoms with Crippen LogP contribution in [0, 0.1) is 6.92 Å². The van der Waals surface area contributed by atoms with Crippen LogP contribution in [-0.2, 0) is 16.1 Å². The van der Waals surface area contributed by atoms with Crippen molar-refractivity contribution in [3.05, 3.63) is 29.3 Å². The molecule has 1 unspecified atom stereocenters. The van der Waals surface area contributed by atoms with Crippen molar-refractivity contribution < 1.29 is 14.3 Å². The van der Waals surface area contributed by atoms with Crippen molar-refractivity contribution in [1.82, 2.24) is 5.32 Å². The van der Waals surface area contributed by atoms with Gasteiger partial charge in [0.15, 0.2) is 6.10 Å². The second kappa shape index (κ2) is 7.01. The van der Waals surface area contributed by atoms with Gasteiger partial charge in [0, 0.05) is 12.1 Å². The molecule has 0 aromatic heterocycles. The molecular weight excluding hydrogens is 230 g/mol. The van der Waals surface area contributed by atoms with E-state index in [2.05, 4.69) is 16.1 Å². The zero-order valence-electron chi connectivity index (χ0n) is 11.4. The molecule has 1 aromatic carbocycles. The first-order valence-electron chi connectivity index (χ1n) is 6.13. The minimum atomic E-state index is -0.599. The standard InChI is InChI=1S/C14H21NO3/c1-5-15-9-12-8-10(2)6-7-13(12)18-11(3)14(16)17-4/h6-8,11,15H,5,9H2,1-4H3. The molecule has 1 atom stereocenters. The Kier molecular flexibility index (Phi) is 5.65. The molecular formula is C14H21NO3. The fraction of sp³-hybridized carbons (Fsp3) is 0.500. The molecule has 0 bridgehead atoms. The number of carbonyl (C=O) groups excluding carboxylic acids is 1. The van der Waals surface area contributed by atoms with E-state index in [1.165, 1.54) is 12.7 Å². The van der Waals surface area contributed by atoms with E-state index in [1.54, 1.807) is 6.92 Å². The van der Waals surface area contributed by atoms with Crippen LogP contribution >= 0.6 is 0 Å². The summed E-state index contributed by atoms with van der Waals surface area (Å²) in [7, 11) is 1.36. The highest BCUT2D eigenvalue weighted by molar-refractivity contribution is 5.74. The van der Waals surface area contributed by atoms with Crippen LogP contribution in [0.4, 0.5) is 0 Å². The van der Waals surface area contributed by atoms with Crippen LogP contribution in [0.2, 0.25) is 0 Å². The molecule has 0 aliphatic heterocycles. The molecule has 0 fully saturated rings. The Balaban J connectivity index is 2.83. The summed E-state index contributed by atoms with van der Waals surface area (Å²) < 4.78 is 10.3. The van der Waals surface area contributed by atoms with Crippen LogP contribution in [0.1, 0.15) is 25.0 Å². The average Bonchev–Trinajstić information content (AvgIpc) is 2.37. The molecule has 4 nitrogen and oxygen atoms in total. The van der Waals surface area contributed by atoms with Crippen LogP contribution in [0.3, 0.4) is 0 Å². The molecule has 18 heavy (non-hydrogen) atoms. The normalized spacial score (nSPS) is 12.0. The first-order chi connectivity index (χ1) is 8.58. The molecule has 1 N–H and O–H groups in total. The second-order valence-electron chi connectivity index (χ2n) is 4.17. The van der Waals surface area contributed by atoms with E-state index in [9.17, 15) is 4.79 Å². The minimum Gasteiger partial charge on any atom is -0.479 e. The molecule has 100 valence electrons. The van der Waals surface area contributed by atoms with Crippen molar-refractivity contribution in [2.45, 2.75) is 33.4 Å². The lowest BCUT2D eigenvalue weighted by molar-refractivity contribution is -0.147. The highest BCUT2D eigenvalue weighted by Crippen LogP contribution is 2.21. The number of esters is 1. The monoisotopic (exact) mass is 251 g/mol. The number of rotatable bonds is 6. The van der Waals surface area contributed by atoms with Gasteiger partial charge in [-0.05, 0) is 26.5 Å². The third kappa shape index (κ3) is 4.04. The van der Waals surface area contributed by atoms with Crippen LogP contribution in [0.15, 0.2) is 18.2 Å². The van der Waals surface area contributed by atoms with Crippen LogP contribution < -0.4 is 10.1 Å². The number of ether oxygens (including phenoxy) is 2. The van der Waals surface area contributed by atoms with E-state index in [-0.39, 0.29) is 5.97 Å². The number of hydrogen-bond acceptors (Lipinski definition) is 4. The molecule has 0 aliphatic carbocycles. The van der Waals surface area contributed by atoms with E-state index >= 15 is 0 Å². The number of methoxy groups -OCH3 is 1. The second-order valence-corrected chi connectivity index (χ2v) is 4.17. The molecule has 0 spiro atoms. The van der Waals surface area contributed by atoms with Gasteiger partial charge in [0.1, 0.15) is 5.75 Å². The summed E-state index contributed by atoms with van der Waals surface area (Å²) in [5.41, 5.74) is 2.22. The average molecular weight is 251 g/mol. The molecule has 0 amide bonds. The lowest BCUT2D eigenvalue weighted by Gasteiger charge is -2.16. The van der Waals surface area contributed by atoms with E-state index in [1.807, 2.05) is 26.0 Å². The Morgan fingerprint density at radius 3 is 2.78 bits per heavy atom. The van der Waals surface area contributed by atoms with Gasteiger partial charge in [0.25, 0.3) is 0 Å². The molecule has 1 rings (SSSR count). The Morgan fingerprint density at radius 1 is 1.44 bits per heavy atom. The smallest absolute Gasteiger partial charge is 0.346 e. The summed E-state index contributed by atoms with van der Waals surface area (Å²) in [6.45, 7) is 7.38. The lowest BCUT2D eigenvalue weighted by Crippen LogP contribution is -2.25. The maximum Gasteiger partial charge on any atom is 0.346 e. The van der Waals surface area contributed by atoms with Gasteiger partial charge < -0.3 is 14.8 Å². The van der Waals surface area contributed by atoms with Gasteiger partial charge >= 0.3 is 5.97 Å². The predicted octanol–water partition coefficient (Wildman–Crippen LogP) is 2.04. The number of nitrogens with one attached hydrogen (secondary N) is 1. The fourth-order valence-electron chi connectivity index (χ4n) is 1.63. The SMILES string of the molecule is CCNCc1cc(C)ccc1OC(C)C(=O)OC. The summed E-state index contributed by atoms with van der Waals surface area (Å²) >= 11 is 0. The van der Waals surface area contributed by atoms with Gasteiger partial charge in [-0.1, -0.05) is 24.6 Å². The molecule has 4 heteroatoms. The number of aryl methyl sites for hydroxylation is 1. The van der Waals surface area contributed by atoms with E-state index in [0.717, 1.165) is 24.4 Å². The quantitative estimate of drug-likeness (QED) is 0.786. The Bertz CT molecular complexity index is 404. The van der Waals surface area contributed by atoms with Gasteiger partial charge in [0.05, 0.1) is 7.11 Å². The number of benzene rings is 1. The number of hydrogen-bond donors (Lipinski definition) is 1. The van der Waals surface area contributed by atoms with Crippen molar-refractivity contribution in [2.24, 2.45) is 0 Å². The Hall–Kier alpha value is -1.55. The fourth-order valence-corrected chi connectivity index (χ4v) is 1.63. The summed E-state index contributed by atoms with van der Waals surface area (Å²) in [6.07, 6.45) is -0.599. The van der Waals surface area contributed by atoms with E-state index in [4.69, 9.17) is 4.74 Å². The molecule has 0 radical (unpaired) electrons. The van der Waals surface area contributed by atoms with Gasteiger partial charge in [-0.3, -0.25) is 0 Å². The summed E-state index contributed by atoms with van der Waals surface area (Å²) in [6, 6.07) is 5.91. The third-order valence-electron chi connectivity index (χ3n) is 2.62. The largest absolute Gasteiger partial charge is 0.479 e. The van der Waals surface area contributed by atoms with Gasteiger partial charge in [0.2, 0.25) is 0 Å². The first kappa shape index (κ1) is 14.5. The molecule has 1 aromatic rings. The van der Waals surface area contributed by atoms with Crippen LogP contribution in [0.5, 0.6) is 5.75 Å². The summed E-state index contributed by atoms with van der Waals surface area (Å²) in [5.74, 6) is 0.351. The summed E-state index contributed by atoms with van der Waals surface area (Å²) in [5, 5.41) is 3.25. The molecule has 0 saturated carbocycles. The van der Waals surface area contributed by atoms with E-state index < -0.39 is 6.10 Å².